The fourth-order valence-corrected chi connectivity index (χ4v) is 3.13. The smallest absolute Gasteiger partial charge is 0.230 e. The minimum absolute atomic E-state index is 0.220. The second kappa shape index (κ2) is 6.49. The van der Waals surface area contributed by atoms with Crippen LogP contribution in [0.3, 0.4) is 0 Å². The van der Waals surface area contributed by atoms with Gasteiger partial charge in [0.1, 0.15) is 11.5 Å². The van der Waals surface area contributed by atoms with Crippen LogP contribution in [0.25, 0.3) is 0 Å². The highest BCUT2D eigenvalue weighted by atomic mass is 32.1. The summed E-state index contributed by atoms with van der Waals surface area (Å²) in [5.41, 5.74) is 1.20. The van der Waals surface area contributed by atoms with Crippen LogP contribution in [0.1, 0.15) is 34.9 Å². The number of aryl methyl sites for hydroxylation is 2. The van der Waals surface area contributed by atoms with Gasteiger partial charge in [0.2, 0.25) is 5.88 Å². The van der Waals surface area contributed by atoms with E-state index in [-0.39, 0.29) is 6.04 Å². The highest BCUT2D eigenvalue weighted by molar-refractivity contribution is 7.15. The summed E-state index contributed by atoms with van der Waals surface area (Å²) < 4.78 is 10.9. The van der Waals surface area contributed by atoms with Gasteiger partial charge in [0.05, 0.1) is 12.0 Å². The molecule has 2 heterocycles. The lowest BCUT2D eigenvalue weighted by molar-refractivity contribution is 0.393. The van der Waals surface area contributed by atoms with Crippen molar-refractivity contribution in [2.75, 3.05) is 26.1 Å². The first-order valence-electron chi connectivity index (χ1n) is 6.93. The van der Waals surface area contributed by atoms with Gasteiger partial charge in [-0.25, -0.2) is 0 Å². The average molecular weight is 309 g/mol. The van der Waals surface area contributed by atoms with Crippen LogP contribution < -0.4 is 15.0 Å². The molecule has 0 fully saturated rings. The van der Waals surface area contributed by atoms with Crippen LogP contribution in [-0.2, 0) is 6.54 Å². The minimum Gasteiger partial charge on any atom is -0.480 e. The molecule has 0 amide bonds. The predicted octanol–water partition coefficient (Wildman–Crippen LogP) is 3.28. The van der Waals surface area contributed by atoms with Crippen molar-refractivity contribution in [1.29, 1.82) is 0 Å². The summed E-state index contributed by atoms with van der Waals surface area (Å²) >= 11 is 1.64. The Kier molecular flexibility index (Phi) is 4.90. The molecule has 0 aliphatic carbocycles. The number of methoxy groups -OCH3 is 1. The zero-order valence-electron chi connectivity index (χ0n) is 13.5. The first kappa shape index (κ1) is 15.9. The molecule has 0 aliphatic heterocycles. The van der Waals surface area contributed by atoms with Gasteiger partial charge >= 0.3 is 0 Å². The maximum Gasteiger partial charge on any atom is 0.230 e. The van der Waals surface area contributed by atoms with E-state index in [0.29, 0.717) is 5.88 Å². The third-order valence-corrected chi connectivity index (χ3v) is 4.55. The van der Waals surface area contributed by atoms with Crippen LogP contribution in [0, 0.1) is 13.8 Å². The molecule has 0 saturated heterocycles. The van der Waals surface area contributed by atoms with Crippen LogP contribution in [0.4, 0.5) is 5.13 Å². The highest BCUT2D eigenvalue weighted by Gasteiger charge is 2.16. The van der Waals surface area contributed by atoms with E-state index >= 15 is 0 Å². The fraction of sp³-hybridized carbons (Fsp3) is 0.533. The van der Waals surface area contributed by atoms with Gasteiger partial charge in [-0.15, -0.1) is 0 Å². The van der Waals surface area contributed by atoms with Crippen molar-refractivity contribution in [3.63, 3.8) is 0 Å². The molecule has 1 N–H and O–H groups in total. The average Bonchev–Trinajstić information content (AvgIpc) is 2.99. The number of thiazole rings is 1. The summed E-state index contributed by atoms with van der Waals surface area (Å²) in [6.45, 7) is 6.83. The normalized spacial score (nSPS) is 12.5. The van der Waals surface area contributed by atoms with Crippen LogP contribution in [0.2, 0.25) is 0 Å². The molecule has 5 nitrogen and oxygen atoms in total. The van der Waals surface area contributed by atoms with E-state index in [1.54, 1.807) is 18.4 Å². The molecule has 1 atom stereocenters. The van der Waals surface area contributed by atoms with Crippen molar-refractivity contribution in [3.05, 3.63) is 28.0 Å². The number of ether oxygens (including phenoxy) is 1. The fourth-order valence-electron chi connectivity index (χ4n) is 2.22. The largest absolute Gasteiger partial charge is 0.480 e. The Morgan fingerprint density at radius 1 is 1.43 bits per heavy atom. The summed E-state index contributed by atoms with van der Waals surface area (Å²) in [6.07, 6.45) is 0. The molecule has 2 rings (SSSR count). The van der Waals surface area contributed by atoms with Crippen molar-refractivity contribution in [2.45, 2.75) is 33.4 Å². The van der Waals surface area contributed by atoms with Gasteiger partial charge in [0.25, 0.3) is 0 Å². The zero-order chi connectivity index (χ0) is 15.6. The zero-order valence-corrected chi connectivity index (χ0v) is 14.3. The summed E-state index contributed by atoms with van der Waals surface area (Å²) in [5.74, 6) is 2.61. The standard InChI is InChI=1S/C15H23N3O2S/c1-9-7-12(11(3)20-9)10(2)16-8-13-14(19-6)17-15(21-13)18(4)5/h7,10,16H,8H2,1-6H3. The van der Waals surface area contributed by atoms with Gasteiger partial charge in [-0.1, -0.05) is 11.3 Å². The molecule has 116 valence electrons. The van der Waals surface area contributed by atoms with Gasteiger partial charge in [-0.2, -0.15) is 4.98 Å². The van der Waals surface area contributed by atoms with Gasteiger partial charge in [-0.05, 0) is 26.8 Å². The maximum atomic E-state index is 5.59. The summed E-state index contributed by atoms with van der Waals surface area (Å²) in [7, 11) is 5.62. The second-order valence-corrected chi connectivity index (χ2v) is 6.36. The first-order valence-corrected chi connectivity index (χ1v) is 7.75. The number of rotatable bonds is 6. The number of anilines is 1. The summed E-state index contributed by atoms with van der Waals surface area (Å²) in [6, 6.07) is 2.30. The Hall–Kier alpha value is -1.53. The first-order chi connectivity index (χ1) is 9.92. The molecule has 0 radical (unpaired) electrons. The molecule has 0 bridgehead atoms. The predicted molar refractivity (Wildman–Crippen MR) is 86.4 cm³/mol. The number of nitrogens with zero attached hydrogens (tertiary/aromatic N) is 2. The Balaban J connectivity index is 2.07. The molecule has 1 unspecified atom stereocenters. The highest BCUT2D eigenvalue weighted by Crippen LogP contribution is 2.31. The third-order valence-electron chi connectivity index (χ3n) is 3.34. The van der Waals surface area contributed by atoms with E-state index in [4.69, 9.17) is 9.15 Å². The van der Waals surface area contributed by atoms with Crippen molar-refractivity contribution in [2.24, 2.45) is 0 Å². The number of aromatic nitrogens is 1. The van der Waals surface area contributed by atoms with Gasteiger partial charge in [-0.3, -0.25) is 0 Å². The number of hydrogen-bond donors (Lipinski definition) is 1. The van der Waals surface area contributed by atoms with E-state index in [9.17, 15) is 0 Å². The monoisotopic (exact) mass is 309 g/mol. The topological polar surface area (TPSA) is 50.5 Å². The molecule has 0 aromatic carbocycles. The summed E-state index contributed by atoms with van der Waals surface area (Å²) in [5, 5.41) is 4.46. The Morgan fingerprint density at radius 3 is 2.67 bits per heavy atom. The Morgan fingerprint density at radius 2 is 2.14 bits per heavy atom. The lowest BCUT2D eigenvalue weighted by atomic mass is 10.1. The van der Waals surface area contributed by atoms with Gasteiger partial charge in [0.15, 0.2) is 5.13 Å². The van der Waals surface area contributed by atoms with Crippen molar-refractivity contribution >= 4 is 16.5 Å². The molecule has 21 heavy (non-hydrogen) atoms. The molecule has 2 aromatic rings. The molecule has 2 aromatic heterocycles. The SMILES string of the molecule is COc1nc(N(C)C)sc1CNC(C)c1cc(C)oc1C. The van der Waals surface area contributed by atoms with Crippen molar-refractivity contribution in [3.8, 4) is 5.88 Å². The van der Waals surface area contributed by atoms with E-state index in [1.807, 2.05) is 32.8 Å². The van der Waals surface area contributed by atoms with Crippen LogP contribution in [-0.4, -0.2) is 26.2 Å². The van der Waals surface area contributed by atoms with Gasteiger partial charge < -0.3 is 19.4 Å². The van der Waals surface area contributed by atoms with Crippen molar-refractivity contribution < 1.29 is 9.15 Å². The molecule has 0 aliphatic rings. The molecule has 0 spiro atoms. The Labute approximate surface area is 129 Å². The number of furan rings is 1. The van der Waals surface area contributed by atoms with E-state index in [2.05, 4.69) is 23.3 Å². The molecular weight excluding hydrogens is 286 g/mol. The summed E-state index contributed by atoms with van der Waals surface area (Å²) in [4.78, 5) is 7.56. The van der Waals surface area contributed by atoms with E-state index < -0.39 is 0 Å². The van der Waals surface area contributed by atoms with E-state index in [0.717, 1.165) is 28.1 Å². The number of hydrogen-bond acceptors (Lipinski definition) is 6. The third kappa shape index (κ3) is 3.57. The quantitative estimate of drug-likeness (QED) is 0.887. The lowest BCUT2D eigenvalue weighted by Crippen LogP contribution is -2.18. The van der Waals surface area contributed by atoms with Crippen LogP contribution in [0.5, 0.6) is 5.88 Å². The molecule has 0 saturated carbocycles. The second-order valence-electron chi connectivity index (χ2n) is 5.29. The van der Waals surface area contributed by atoms with E-state index in [1.165, 1.54) is 5.56 Å². The minimum atomic E-state index is 0.220. The van der Waals surface area contributed by atoms with Crippen LogP contribution >= 0.6 is 11.3 Å². The van der Waals surface area contributed by atoms with Crippen LogP contribution in [0.15, 0.2) is 10.5 Å². The molecule has 6 heteroatoms. The molecular formula is C15H23N3O2S. The maximum absolute atomic E-state index is 5.59. The lowest BCUT2D eigenvalue weighted by Gasteiger charge is -2.12. The number of nitrogens with one attached hydrogen (secondary N) is 1. The Bertz CT molecular complexity index is 604. The van der Waals surface area contributed by atoms with Gasteiger partial charge in [0, 0.05) is 32.2 Å². The van der Waals surface area contributed by atoms with Crippen molar-refractivity contribution in [1.82, 2.24) is 10.3 Å².